The van der Waals surface area contributed by atoms with Crippen molar-refractivity contribution in [3.63, 3.8) is 0 Å². The van der Waals surface area contributed by atoms with Gasteiger partial charge in [-0.05, 0) is 43.9 Å². The molecule has 0 aromatic heterocycles. The Morgan fingerprint density at radius 2 is 2.00 bits per heavy atom. The Balaban J connectivity index is 1.73. The van der Waals surface area contributed by atoms with Gasteiger partial charge in [0.25, 0.3) is 5.91 Å². The molecule has 2 rings (SSSR count). The van der Waals surface area contributed by atoms with Crippen LogP contribution in [0.2, 0.25) is 0 Å². The van der Waals surface area contributed by atoms with Crippen LogP contribution in [0.25, 0.3) is 0 Å². The average Bonchev–Trinajstić information content (AvgIpc) is 3.09. The lowest BCUT2D eigenvalue weighted by Crippen LogP contribution is -2.31. The number of hydrogen-bond donors (Lipinski definition) is 3. The second-order valence-corrected chi connectivity index (χ2v) is 6.07. The molecule has 132 valence electrons. The minimum atomic E-state index is -0.270. The monoisotopic (exact) mass is 333 g/mol. The summed E-state index contributed by atoms with van der Waals surface area (Å²) in [6.45, 7) is 3.05. The first kappa shape index (κ1) is 18.3. The number of carbonyl (C=O) groups excluding carboxylic acids is 2. The third-order valence-corrected chi connectivity index (χ3v) is 4.32. The summed E-state index contributed by atoms with van der Waals surface area (Å²) in [6.07, 6.45) is 6.05. The number of urea groups is 1. The van der Waals surface area contributed by atoms with Gasteiger partial charge >= 0.3 is 6.03 Å². The molecule has 1 fully saturated rings. The van der Waals surface area contributed by atoms with Gasteiger partial charge in [0.2, 0.25) is 0 Å². The molecule has 0 heterocycles. The Morgan fingerprint density at radius 1 is 1.25 bits per heavy atom. The molecule has 24 heavy (non-hydrogen) atoms. The molecule has 3 N–H and O–H groups in total. The van der Waals surface area contributed by atoms with Crippen LogP contribution in [0.5, 0.6) is 0 Å². The summed E-state index contributed by atoms with van der Waals surface area (Å²) >= 11 is 0. The van der Waals surface area contributed by atoms with E-state index in [0.717, 1.165) is 24.8 Å². The van der Waals surface area contributed by atoms with Crippen LogP contribution in [-0.2, 0) is 4.74 Å². The number of ether oxygens (including phenoxy) is 1. The van der Waals surface area contributed by atoms with E-state index in [1.165, 1.54) is 12.8 Å². The smallest absolute Gasteiger partial charge is 0.319 e. The van der Waals surface area contributed by atoms with Gasteiger partial charge < -0.3 is 20.7 Å². The highest BCUT2D eigenvalue weighted by Crippen LogP contribution is 2.21. The molecule has 0 aliphatic heterocycles. The number of carbonyl (C=O) groups is 2. The van der Waals surface area contributed by atoms with Crippen LogP contribution in [0.15, 0.2) is 18.2 Å². The largest absolute Gasteiger partial charge is 0.378 e. The quantitative estimate of drug-likeness (QED) is 0.671. The van der Waals surface area contributed by atoms with E-state index in [2.05, 4.69) is 16.0 Å². The molecule has 1 aliphatic carbocycles. The van der Waals surface area contributed by atoms with Crippen molar-refractivity contribution in [2.75, 3.05) is 25.5 Å². The molecule has 6 heteroatoms. The van der Waals surface area contributed by atoms with E-state index in [1.807, 2.05) is 6.92 Å². The Morgan fingerprint density at radius 3 is 2.71 bits per heavy atom. The summed E-state index contributed by atoms with van der Waals surface area (Å²) < 4.78 is 5.76. The fraction of sp³-hybridized carbons (Fsp3) is 0.556. The Labute approximate surface area is 143 Å². The number of benzene rings is 1. The molecule has 0 atom stereocenters. The van der Waals surface area contributed by atoms with Crippen molar-refractivity contribution in [3.05, 3.63) is 29.3 Å². The van der Waals surface area contributed by atoms with E-state index >= 15 is 0 Å². The van der Waals surface area contributed by atoms with E-state index in [0.29, 0.717) is 30.5 Å². The van der Waals surface area contributed by atoms with Crippen LogP contribution in [0, 0.1) is 6.92 Å². The minimum Gasteiger partial charge on any atom is -0.378 e. The summed E-state index contributed by atoms with van der Waals surface area (Å²) in [5.74, 6) is -0.166. The van der Waals surface area contributed by atoms with Crippen LogP contribution in [-0.4, -0.2) is 38.2 Å². The van der Waals surface area contributed by atoms with Gasteiger partial charge in [0.15, 0.2) is 0 Å². The van der Waals surface area contributed by atoms with Crippen molar-refractivity contribution >= 4 is 17.6 Å². The lowest BCUT2D eigenvalue weighted by Gasteiger charge is -2.13. The van der Waals surface area contributed by atoms with Gasteiger partial charge in [0.1, 0.15) is 0 Å². The van der Waals surface area contributed by atoms with Gasteiger partial charge in [0, 0.05) is 31.5 Å². The highest BCUT2D eigenvalue weighted by atomic mass is 16.5. The second-order valence-electron chi connectivity index (χ2n) is 6.07. The normalized spacial score (nSPS) is 14.4. The van der Waals surface area contributed by atoms with Gasteiger partial charge in [-0.25, -0.2) is 4.79 Å². The fourth-order valence-electron chi connectivity index (χ4n) is 2.90. The summed E-state index contributed by atoms with van der Waals surface area (Å²) in [5.41, 5.74) is 1.94. The fourth-order valence-corrected chi connectivity index (χ4v) is 2.90. The number of rotatable bonds is 7. The first-order chi connectivity index (χ1) is 11.6. The van der Waals surface area contributed by atoms with E-state index in [1.54, 1.807) is 25.2 Å². The molecule has 0 radical (unpaired) electrons. The van der Waals surface area contributed by atoms with Crippen molar-refractivity contribution < 1.29 is 14.3 Å². The van der Waals surface area contributed by atoms with Gasteiger partial charge in [-0.2, -0.15) is 0 Å². The number of hydrogen-bond acceptors (Lipinski definition) is 3. The third-order valence-electron chi connectivity index (χ3n) is 4.32. The standard InChI is InChI=1S/C18H27N3O3/c1-13-15(17(22)19-2)9-5-10-16(13)21-18(23)20-11-6-12-24-14-7-3-4-8-14/h5,9-10,14H,3-4,6-8,11-12H2,1-2H3,(H,19,22)(H2,20,21,23). The summed E-state index contributed by atoms with van der Waals surface area (Å²) in [4.78, 5) is 23.7. The number of nitrogens with one attached hydrogen (secondary N) is 3. The van der Waals surface area contributed by atoms with E-state index < -0.39 is 0 Å². The molecule has 1 aliphatic rings. The van der Waals surface area contributed by atoms with E-state index in [-0.39, 0.29) is 11.9 Å². The molecule has 6 nitrogen and oxygen atoms in total. The molecular formula is C18H27N3O3. The van der Waals surface area contributed by atoms with Crippen LogP contribution in [0.3, 0.4) is 0 Å². The van der Waals surface area contributed by atoms with E-state index in [9.17, 15) is 9.59 Å². The first-order valence-electron chi connectivity index (χ1n) is 8.60. The Kier molecular flexibility index (Phi) is 7.06. The van der Waals surface area contributed by atoms with Crippen molar-refractivity contribution in [3.8, 4) is 0 Å². The molecule has 0 bridgehead atoms. The zero-order chi connectivity index (χ0) is 17.4. The lowest BCUT2D eigenvalue weighted by atomic mass is 10.1. The molecule has 0 spiro atoms. The van der Waals surface area contributed by atoms with Crippen LogP contribution in [0.1, 0.15) is 48.0 Å². The van der Waals surface area contributed by atoms with E-state index in [4.69, 9.17) is 4.74 Å². The number of amides is 3. The molecule has 1 aromatic rings. The minimum absolute atomic E-state index is 0.166. The highest BCUT2D eigenvalue weighted by Gasteiger charge is 2.15. The van der Waals surface area contributed by atoms with Crippen LogP contribution < -0.4 is 16.0 Å². The first-order valence-corrected chi connectivity index (χ1v) is 8.60. The predicted octanol–water partition coefficient (Wildman–Crippen LogP) is 2.83. The van der Waals surface area contributed by atoms with Crippen molar-refractivity contribution in [2.45, 2.75) is 45.1 Å². The topological polar surface area (TPSA) is 79.5 Å². The zero-order valence-electron chi connectivity index (χ0n) is 14.5. The van der Waals surface area contributed by atoms with Gasteiger partial charge in [-0.3, -0.25) is 4.79 Å². The molecule has 0 unspecified atom stereocenters. The average molecular weight is 333 g/mol. The second kappa shape index (κ2) is 9.27. The van der Waals surface area contributed by atoms with Crippen LogP contribution in [0.4, 0.5) is 10.5 Å². The Hall–Kier alpha value is -2.08. The maximum atomic E-state index is 12.0. The predicted molar refractivity (Wildman–Crippen MR) is 94.4 cm³/mol. The number of anilines is 1. The zero-order valence-corrected chi connectivity index (χ0v) is 14.5. The van der Waals surface area contributed by atoms with Crippen molar-refractivity contribution in [1.82, 2.24) is 10.6 Å². The molecule has 1 aromatic carbocycles. The van der Waals surface area contributed by atoms with Gasteiger partial charge in [0.05, 0.1) is 6.10 Å². The Bertz CT molecular complexity index is 569. The summed E-state index contributed by atoms with van der Waals surface area (Å²) in [7, 11) is 1.59. The maximum Gasteiger partial charge on any atom is 0.319 e. The maximum absolute atomic E-state index is 12.0. The molecule has 0 saturated heterocycles. The lowest BCUT2D eigenvalue weighted by molar-refractivity contribution is 0.0572. The van der Waals surface area contributed by atoms with Crippen LogP contribution >= 0.6 is 0 Å². The molecule has 3 amide bonds. The SMILES string of the molecule is CNC(=O)c1cccc(NC(=O)NCCCOC2CCCC2)c1C. The molecular weight excluding hydrogens is 306 g/mol. The third kappa shape index (κ3) is 5.23. The van der Waals surface area contributed by atoms with Gasteiger partial charge in [-0.15, -0.1) is 0 Å². The molecule has 1 saturated carbocycles. The summed E-state index contributed by atoms with van der Waals surface area (Å²) in [5, 5.41) is 8.20. The highest BCUT2D eigenvalue weighted by molar-refractivity contribution is 5.98. The summed E-state index contributed by atoms with van der Waals surface area (Å²) in [6, 6.07) is 5.00. The van der Waals surface area contributed by atoms with Crippen molar-refractivity contribution in [1.29, 1.82) is 0 Å². The van der Waals surface area contributed by atoms with Crippen molar-refractivity contribution in [2.24, 2.45) is 0 Å². The van der Waals surface area contributed by atoms with Gasteiger partial charge in [-0.1, -0.05) is 18.9 Å².